The molecule has 3 rings (SSSR count). The van der Waals surface area contributed by atoms with Gasteiger partial charge in [0.15, 0.2) is 5.78 Å². The van der Waals surface area contributed by atoms with Crippen LogP contribution in [0.25, 0.3) is 0 Å². The molecule has 0 aromatic heterocycles. The van der Waals surface area contributed by atoms with Gasteiger partial charge in [-0.05, 0) is 54.0 Å². The van der Waals surface area contributed by atoms with E-state index in [0.717, 1.165) is 24.8 Å². The number of hydrogen-bond donors (Lipinski definition) is 0. The number of fused-ring (bicyclic) bond motifs is 1. The summed E-state index contributed by atoms with van der Waals surface area (Å²) >= 11 is 0. The van der Waals surface area contributed by atoms with Crippen molar-refractivity contribution < 1.29 is 4.79 Å². The molecule has 2 aromatic rings. The van der Waals surface area contributed by atoms with Crippen LogP contribution in [-0.4, -0.2) is 5.78 Å². The Balaban J connectivity index is 1.88. The lowest BCUT2D eigenvalue weighted by Crippen LogP contribution is -2.13. The Bertz CT molecular complexity index is 654. The number of hydrogen-bond acceptors (Lipinski definition) is 1. The third-order valence-electron chi connectivity index (χ3n) is 4.17. The molecule has 0 spiro atoms. The van der Waals surface area contributed by atoms with Gasteiger partial charge >= 0.3 is 0 Å². The molecule has 20 heavy (non-hydrogen) atoms. The molecule has 1 unspecified atom stereocenters. The van der Waals surface area contributed by atoms with Crippen molar-refractivity contribution in [2.24, 2.45) is 0 Å². The fourth-order valence-corrected chi connectivity index (χ4v) is 3.05. The Kier molecular flexibility index (Phi) is 3.51. The zero-order valence-electron chi connectivity index (χ0n) is 11.5. The highest BCUT2D eigenvalue weighted by atomic mass is 16.1. The zero-order valence-corrected chi connectivity index (χ0v) is 11.5. The molecule has 0 radical (unpaired) electrons. The van der Waals surface area contributed by atoms with Gasteiger partial charge in [-0.25, -0.2) is 0 Å². The van der Waals surface area contributed by atoms with Gasteiger partial charge in [-0.2, -0.15) is 0 Å². The van der Waals surface area contributed by atoms with Crippen molar-refractivity contribution in [2.75, 3.05) is 0 Å². The molecule has 0 aliphatic heterocycles. The second-order valence-corrected chi connectivity index (χ2v) is 5.40. The van der Waals surface area contributed by atoms with Crippen LogP contribution in [0, 0.1) is 0 Å². The van der Waals surface area contributed by atoms with Crippen LogP contribution < -0.4 is 0 Å². The number of ketones is 1. The van der Waals surface area contributed by atoms with Crippen molar-refractivity contribution in [3.63, 3.8) is 0 Å². The summed E-state index contributed by atoms with van der Waals surface area (Å²) in [6.45, 7) is 3.56. The van der Waals surface area contributed by atoms with E-state index < -0.39 is 0 Å². The molecule has 1 aliphatic rings. The van der Waals surface area contributed by atoms with E-state index in [-0.39, 0.29) is 5.78 Å². The van der Waals surface area contributed by atoms with Gasteiger partial charge in [0.25, 0.3) is 0 Å². The minimum absolute atomic E-state index is 0.00283. The minimum Gasteiger partial charge on any atom is -0.289 e. The number of rotatable bonds is 3. The third kappa shape index (κ3) is 2.44. The molecule has 0 N–H and O–H groups in total. The smallest absolute Gasteiger partial charge is 0.185 e. The first-order valence-corrected chi connectivity index (χ1v) is 7.11. The van der Waals surface area contributed by atoms with Gasteiger partial charge in [0.05, 0.1) is 0 Å². The summed E-state index contributed by atoms with van der Waals surface area (Å²) in [6.07, 6.45) is 4.74. The highest BCUT2D eigenvalue weighted by Gasteiger charge is 2.20. The van der Waals surface area contributed by atoms with Crippen molar-refractivity contribution in [1.29, 1.82) is 0 Å². The van der Waals surface area contributed by atoms with E-state index in [4.69, 9.17) is 0 Å². The van der Waals surface area contributed by atoms with Crippen molar-refractivity contribution in [1.82, 2.24) is 0 Å². The largest absolute Gasteiger partial charge is 0.289 e. The third-order valence-corrected chi connectivity index (χ3v) is 4.17. The molecule has 0 saturated carbocycles. The first-order chi connectivity index (χ1) is 9.78. The molecule has 1 atom stereocenters. The van der Waals surface area contributed by atoms with Gasteiger partial charge in [-0.1, -0.05) is 49.0 Å². The average molecular weight is 262 g/mol. The Morgan fingerprint density at radius 3 is 2.70 bits per heavy atom. The van der Waals surface area contributed by atoms with Gasteiger partial charge < -0.3 is 0 Å². The number of carbonyl (C=O) groups excluding carboxylic acids is 1. The summed E-state index contributed by atoms with van der Waals surface area (Å²) in [5, 5.41) is 0. The van der Waals surface area contributed by atoms with E-state index in [1.54, 1.807) is 0 Å². The molecular formula is C19H18O. The lowest BCUT2D eigenvalue weighted by molar-refractivity contribution is 0.104. The van der Waals surface area contributed by atoms with E-state index in [9.17, 15) is 4.79 Å². The average Bonchev–Trinajstić information content (AvgIpc) is 2.53. The maximum absolute atomic E-state index is 11.7. The summed E-state index contributed by atoms with van der Waals surface area (Å²) in [5.41, 5.74) is 4.94. The first kappa shape index (κ1) is 12.9. The fraction of sp³-hybridized carbons (Fsp3) is 0.211. The van der Waals surface area contributed by atoms with Crippen LogP contribution in [-0.2, 0) is 12.8 Å². The number of aryl methyl sites for hydroxylation is 1. The normalized spacial score (nSPS) is 17.3. The van der Waals surface area contributed by atoms with Crippen LogP contribution in [0.4, 0.5) is 0 Å². The number of benzene rings is 2. The van der Waals surface area contributed by atoms with Crippen LogP contribution in [0.2, 0.25) is 0 Å². The quantitative estimate of drug-likeness (QED) is 0.594. The van der Waals surface area contributed by atoms with E-state index in [0.29, 0.717) is 5.92 Å². The standard InChI is InChI=1S/C19H18O/c1-2-19(20)18-9-5-8-16(13-18)17-11-10-14-6-3-4-7-15(14)12-17/h2-9,13,17H,1,10-12H2. The zero-order chi connectivity index (χ0) is 13.9. The highest BCUT2D eigenvalue weighted by molar-refractivity contribution is 6.04. The summed E-state index contributed by atoms with van der Waals surface area (Å²) in [4.78, 5) is 11.7. The molecule has 0 saturated heterocycles. The van der Waals surface area contributed by atoms with E-state index in [1.807, 2.05) is 18.2 Å². The van der Waals surface area contributed by atoms with E-state index in [1.165, 1.54) is 22.8 Å². The summed E-state index contributed by atoms with van der Waals surface area (Å²) in [5.74, 6) is 0.519. The summed E-state index contributed by atoms with van der Waals surface area (Å²) in [7, 11) is 0. The monoisotopic (exact) mass is 262 g/mol. The predicted octanol–water partition coefficient (Wildman–Crippen LogP) is 4.33. The molecule has 1 nitrogen and oxygen atoms in total. The summed E-state index contributed by atoms with van der Waals surface area (Å²) < 4.78 is 0. The molecule has 0 heterocycles. The fourth-order valence-electron chi connectivity index (χ4n) is 3.05. The molecule has 1 heteroatoms. The molecule has 0 amide bonds. The van der Waals surface area contributed by atoms with Crippen molar-refractivity contribution >= 4 is 5.78 Å². The van der Waals surface area contributed by atoms with Crippen LogP contribution >= 0.6 is 0 Å². The molecule has 0 bridgehead atoms. The highest BCUT2D eigenvalue weighted by Crippen LogP contribution is 2.32. The van der Waals surface area contributed by atoms with Crippen LogP contribution in [0.3, 0.4) is 0 Å². The van der Waals surface area contributed by atoms with E-state index >= 15 is 0 Å². The van der Waals surface area contributed by atoms with Crippen LogP contribution in [0.5, 0.6) is 0 Å². The first-order valence-electron chi connectivity index (χ1n) is 7.11. The second kappa shape index (κ2) is 5.46. The van der Waals surface area contributed by atoms with Crippen molar-refractivity contribution in [3.05, 3.63) is 83.4 Å². The molecule has 0 fully saturated rings. The topological polar surface area (TPSA) is 17.1 Å². The molecule has 1 aliphatic carbocycles. The Hall–Kier alpha value is -2.15. The van der Waals surface area contributed by atoms with Gasteiger partial charge in [-0.15, -0.1) is 0 Å². The maximum Gasteiger partial charge on any atom is 0.185 e. The van der Waals surface area contributed by atoms with Gasteiger partial charge in [0, 0.05) is 5.56 Å². The van der Waals surface area contributed by atoms with E-state index in [2.05, 4.69) is 36.9 Å². The SMILES string of the molecule is C=CC(=O)c1cccc(C2CCc3ccccc3C2)c1. The molecule has 100 valence electrons. The predicted molar refractivity (Wildman–Crippen MR) is 82.2 cm³/mol. The van der Waals surface area contributed by atoms with Gasteiger partial charge in [-0.3, -0.25) is 4.79 Å². The number of allylic oxidation sites excluding steroid dienone is 1. The van der Waals surface area contributed by atoms with Gasteiger partial charge in [0.1, 0.15) is 0 Å². The lowest BCUT2D eigenvalue weighted by atomic mass is 9.80. The molecule has 2 aromatic carbocycles. The van der Waals surface area contributed by atoms with Crippen LogP contribution in [0.1, 0.15) is 39.4 Å². The Morgan fingerprint density at radius 1 is 1.10 bits per heavy atom. The van der Waals surface area contributed by atoms with Crippen LogP contribution in [0.15, 0.2) is 61.2 Å². The maximum atomic E-state index is 11.7. The Morgan fingerprint density at radius 2 is 1.90 bits per heavy atom. The lowest BCUT2D eigenvalue weighted by Gasteiger charge is -2.25. The van der Waals surface area contributed by atoms with Crippen molar-refractivity contribution in [2.45, 2.75) is 25.2 Å². The molecular weight excluding hydrogens is 244 g/mol. The van der Waals surface area contributed by atoms with Crippen molar-refractivity contribution in [3.8, 4) is 0 Å². The van der Waals surface area contributed by atoms with Gasteiger partial charge in [0.2, 0.25) is 0 Å². The minimum atomic E-state index is 0.00283. The second-order valence-electron chi connectivity index (χ2n) is 5.40. The number of carbonyl (C=O) groups is 1. The summed E-state index contributed by atoms with van der Waals surface area (Å²) in [6, 6.07) is 16.7. The Labute approximate surface area is 120 Å².